The summed E-state index contributed by atoms with van der Waals surface area (Å²) >= 11 is 0. The van der Waals surface area contributed by atoms with Gasteiger partial charge in [0.1, 0.15) is 6.04 Å². The molecule has 0 saturated heterocycles. The Morgan fingerprint density at radius 3 is 2.15 bits per heavy atom. The Bertz CT molecular complexity index is 1040. The summed E-state index contributed by atoms with van der Waals surface area (Å²) in [7, 11) is -2.45. The molecule has 186 valence electrons. The van der Waals surface area contributed by atoms with Crippen LogP contribution in [0.3, 0.4) is 0 Å². The SMILES string of the molecule is CC[C@H](C(=O)N[C@@H](C)CC)N(CCc1ccccc1)C(=O)CN(C)S(=O)(=O)c1ccc(C)cc1. The van der Waals surface area contributed by atoms with Crippen LogP contribution >= 0.6 is 0 Å². The summed E-state index contributed by atoms with van der Waals surface area (Å²) in [6, 6.07) is 15.5. The first-order chi connectivity index (χ1) is 16.1. The van der Waals surface area contributed by atoms with Crippen LogP contribution in [0.1, 0.15) is 44.7 Å². The molecule has 2 atom stereocenters. The van der Waals surface area contributed by atoms with Gasteiger partial charge in [0, 0.05) is 19.6 Å². The second kappa shape index (κ2) is 12.7. The van der Waals surface area contributed by atoms with Gasteiger partial charge in [0.15, 0.2) is 0 Å². The molecule has 0 aliphatic heterocycles. The zero-order valence-corrected chi connectivity index (χ0v) is 21.6. The lowest BCUT2D eigenvalue weighted by Crippen LogP contribution is -2.53. The molecule has 34 heavy (non-hydrogen) atoms. The minimum Gasteiger partial charge on any atom is -0.352 e. The number of nitrogens with zero attached hydrogens (tertiary/aromatic N) is 2. The number of likely N-dealkylation sites (N-methyl/N-ethyl adjacent to an activating group) is 1. The first kappa shape index (κ1) is 27.5. The van der Waals surface area contributed by atoms with Gasteiger partial charge in [-0.15, -0.1) is 0 Å². The molecule has 0 heterocycles. The summed E-state index contributed by atoms with van der Waals surface area (Å²) in [5, 5.41) is 2.96. The van der Waals surface area contributed by atoms with Crippen LogP contribution < -0.4 is 5.32 Å². The van der Waals surface area contributed by atoms with E-state index in [1.165, 1.54) is 24.1 Å². The first-order valence-electron chi connectivity index (χ1n) is 11.8. The van der Waals surface area contributed by atoms with E-state index in [-0.39, 0.29) is 23.4 Å². The summed E-state index contributed by atoms with van der Waals surface area (Å²) < 4.78 is 27.1. The number of sulfonamides is 1. The number of carbonyl (C=O) groups is 2. The Morgan fingerprint density at radius 2 is 1.59 bits per heavy atom. The van der Waals surface area contributed by atoms with Crippen LogP contribution in [0.4, 0.5) is 0 Å². The van der Waals surface area contributed by atoms with Crippen LogP contribution in [0.5, 0.6) is 0 Å². The molecule has 2 aromatic carbocycles. The number of rotatable bonds is 12. The highest BCUT2D eigenvalue weighted by Crippen LogP contribution is 2.16. The smallest absolute Gasteiger partial charge is 0.243 e. The Balaban J connectivity index is 2.25. The highest BCUT2D eigenvalue weighted by atomic mass is 32.2. The number of aryl methyl sites for hydroxylation is 1. The molecular weight excluding hydrogens is 450 g/mol. The van der Waals surface area contributed by atoms with Crippen LogP contribution in [0.2, 0.25) is 0 Å². The molecule has 0 aliphatic carbocycles. The molecule has 2 aromatic rings. The second-order valence-electron chi connectivity index (χ2n) is 8.64. The monoisotopic (exact) mass is 487 g/mol. The fourth-order valence-electron chi connectivity index (χ4n) is 3.59. The average molecular weight is 488 g/mol. The number of nitrogens with one attached hydrogen (secondary N) is 1. The molecule has 0 saturated carbocycles. The predicted octanol–water partition coefficient (Wildman–Crippen LogP) is 3.38. The van der Waals surface area contributed by atoms with Gasteiger partial charge in [0.2, 0.25) is 21.8 Å². The maximum atomic E-state index is 13.4. The highest BCUT2D eigenvalue weighted by molar-refractivity contribution is 7.89. The quantitative estimate of drug-likeness (QED) is 0.497. The molecule has 0 spiro atoms. The van der Waals surface area contributed by atoms with E-state index in [1.54, 1.807) is 12.1 Å². The van der Waals surface area contributed by atoms with Gasteiger partial charge in [-0.25, -0.2) is 8.42 Å². The van der Waals surface area contributed by atoms with Crippen molar-refractivity contribution >= 4 is 21.8 Å². The maximum Gasteiger partial charge on any atom is 0.243 e. The summed E-state index contributed by atoms with van der Waals surface area (Å²) in [4.78, 5) is 28.1. The van der Waals surface area contributed by atoms with Crippen LogP contribution in [-0.2, 0) is 26.0 Å². The Hall–Kier alpha value is -2.71. The molecule has 7 nitrogen and oxygen atoms in total. The van der Waals surface area contributed by atoms with Crippen molar-refractivity contribution in [3.05, 3.63) is 65.7 Å². The number of benzene rings is 2. The van der Waals surface area contributed by atoms with Crippen LogP contribution in [0.15, 0.2) is 59.5 Å². The van der Waals surface area contributed by atoms with Crippen molar-refractivity contribution in [1.82, 2.24) is 14.5 Å². The lowest BCUT2D eigenvalue weighted by molar-refractivity contribution is -0.141. The lowest BCUT2D eigenvalue weighted by atomic mass is 10.1. The predicted molar refractivity (Wildman–Crippen MR) is 135 cm³/mol. The molecule has 0 radical (unpaired) electrons. The normalized spacial score (nSPS) is 13.4. The van der Waals surface area contributed by atoms with E-state index in [9.17, 15) is 18.0 Å². The van der Waals surface area contributed by atoms with Gasteiger partial charge in [-0.1, -0.05) is 61.9 Å². The van der Waals surface area contributed by atoms with Gasteiger partial charge >= 0.3 is 0 Å². The average Bonchev–Trinajstić information content (AvgIpc) is 2.82. The van der Waals surface area contributed by atoms with Crippen LogP contribution in [0.25, 0.3) is 0 Å². The number of hydrogen-bond donors (Lipinski definition) is 1. The first-order valence-corrected chi connectivity index (χ1v) is 13.2. The van der Waals surface area contributed by atoms with Crippen molar-refractivity contribution < 1.29 is 18.0 Å². The fourth-order valence-corrected chi connectivity index (χ4v) is 4.71. The van der Waals surface area contributed by atoms with Crippen molar-refractivity contribution in [2.24, 2.45) is 0 Å². The number of hydrogen-bond acceptors (Lipinski definition) is 4. The largest absolute Gasteiger partial charge is 0.352 e. The van der Waals surface area contributed by atoms with E-state index in [2.05, 4.69) is 5.32 Å². The summed E-state index contributed by atoms with van der Waals surface area (Å²) in [6.07, 6.45) is 1.77. The van der Waals surface area contributed by atoms with Crippen LogP contribution in [-0.4, -0.2) is 61.7 Å². The third kappa shape index (κ3) is 7.40. The van der Waals surface area contributed by atoms with Crippen molar-refractivity contribution in [2.45, 2.75) is 63.9 Å². The number of amides is 2. The van der Waals surface area contributed by atoms with Gasteiger partial charge in [-0.2, -0.15) is 4.31 Å². The molecule has 2 rings (SSSR count). The van der Waals surface area contributed by atoms with Gasteiger partial charge in [0.05, 0.1) is 11.4 Å². The third-order valence-corrected chi connectivity index (χ3v) is 7.78. The molecule has 0 bridgehead atoms. The molecule has 8 heteroatoms. The number of carbonyl (C=O) groups excluding carboxylic acids is 2. The standard InChI is InChI=1S/C26H37N3O4S/c1-6-21(4)27-26(31)24(7-2)29(18-17-22-11-9-8-10-12-22)25(30)19-28(5)34(32,33)23-15-13-20(3)14-16-23/h8-16,21,24H,6-7,17-19H2,1-5H3,(H,27,31)/t21-,24+/m0/s1. The summed E-state index contributed by atoms with van der Waals surface area (Å²) in [5.74, 6) is -0.623. The Labute approximate surface area is 204 Å². The van der Waals surface area contributed by atoms with E-state index in [0.717, 1.165) is 21.9 Å². The van der Waals surface area contributed by atoms with Gasteiger partial charge in [0.25, 0.3) is 0 Å². The van der Waals surface area contributed by atoms with Gasteiger partial charge in [-0.3, -0.25) is 9.59 Å². The van der Waals surface area contributed by atoms with Crippen molar-refractivity contribution in [1.29, 1.82) is 0 Å². The molecular formula is C26H37N3O4S. The van der Waals surface area contributed by atoms with Crippen molar-refractivity contribution in [3.63, 3.8) is 0 Å². The molecule has 0 aromatic heterocycles. The fraction of sp³-hybridized carbons (Fsp3) is 0.462. The van der Waals surface area contributed by atoms with E-state index in [1.807, 2.05) is 58.0 Å². The minimum absolute atomic E-state index is 0.0165. The minimum atomic E-state index is -3.84. The van der Waals surface area contributed by atoms with Crippen molar-refractivity contribution in [3.8, 4) is 0 Å². The van der Waals surface area contributed by atoms with Crippen LogP contribution in [0, 0.1) is 6.92 Å². The Morgan fingerprint density at radius 1 is 0.971 bits per heavy atom. The zero-order chi connectivity index (χ0) is 25.3. The van der Waals surface area contributed by atoms with E-state index < -0.39 is 22.0 Å². The molecule has 0 unspecified atom stereocenters. The van der Waals surface area contributed by atoms with E-state index in [4.69, 9.17) is 0 Å². The van der Waals surface area contributed by atoms with Gasteiger partial charge in [-0.05, 0) is 50.8 Å². The summed E-state index contributed by atoms with van der Waals surface area (Å²) in [5.41, 5.74) is 1.99. The maximum absolute atomic E-state index is 13.4. The molecule has 2 amide bonds. The lowest BCUT2D eigenvalue weighted by Gasteiger charge is -2.32. The summed E-state index contributed by atoms with van der Waals surface area (Å²) in [6.45, 7) is 7.60. The zero-order valence-electron chi connectivity index (χ0n) is 20.8. The highest BCUT2D eigenvalue weighted by Gasteiger charge is 2.31. The third-order valence-electron chi connectivity index (χ3n) is 5.96. The van der Waals surface area contributed by atoms with E-state index >= 15 is 0 Å². The molecule has 0 aliphatic rings. The van der Waals surface area contributed by atoms with Crippen molar-refractivity contribution in [2.75, 3.05) is 20.1 Å². The van der Waals surface area contributed by atoms with E-state index in [0.29, 0.717) is 19.4 Å². The Kier molecular flexibility index (Phi) is 10.3. The second-order valence-corrected chi connectivity index (χ2v) is 10.7. The topological polar surface area (TPSA) is 86.8 Å². The molecule has 0 fully saturated rings. The van der Waals surface area contributed by atoms with Gasteiger partial charge < -0.3 is 10.2 Å². The molecule has 1 N–H and O–H groups in total.